The van der Waals surface area contributed by atoms with E-state index in [9.17, 15) is 9.59 Å². The number of benzene rings is 2. The van der Waals surface area contributed by atoms with Crippen molar-refractivity contribution in [2.75, 3.05) is 6.61 Å². The Morgan fingerprint density at radius 2 is 1.87 bits per heavy atom. The zero-order valence-corrected chi connectivity index (χ0v) is 12.5. The van der Waals surface area contributed by atoms with Gasteiger partial charge < -0.3 is 14.5 Å². The number of aromatic amines is 1. The van der Waals surface area contributed by atoms with Gasteiger partial charge in [-0.15, -0.1) is 0 Å². The lowest BCUT2D eigenvalue weighted by molar-refractivity contribution is 0.0524. The summed E-state index contributed by atoms with van der Waals surface area (Å²) in [6, 6.07) is 14.4. The molecule has 3 aromatic rings. The SMILES string of the molecule is CCOC(=O)c1c[nH]c2ccc(Oc3ccccc3)cc2c1=O. The molecule has 2 aromatic carbocycles. The lowest BCUT2D eigenvalue weighted by Gasteiger charge is -2.07. The molecule has 0 amide bonds. The van der Waals surface area contributed by atoms with E-state index < -0.39 is 5.97 Å². The molecule has 0 aliphatic heterocycles. The lowest BCUT2D eigenvalue weighted by Crippen LogP contribution is -2.18. The fourth-order valence-corrected chi connectivity index (χ4v) is 2.25. The summed E-state index contributed by atoms with van der Waals surface area (Å²) in [4.78, 5) is 27.2. The van der Waals surface area contributed by atoms with Crippen LogP contribution < -0.4 is 10.2 Å². The van der Waals surface area contributed by atoms with Crippen LogP contribution in [0.25, 0.3) is 10.9 Å². The van der Waals surface area contributed by atoms with Crippen LogP contribution >= 0.6 is 0 Å². The van der Waals surface area contributed by atoms with Gasteiger partial charge >= 0.3 is 5.97 Å². The molecule has 116 valence electrons. The lowest BCUT2D eigenvalue weighted by atomic mass is 10.1. The highest BCUT2D eigenvalue weighted by molar-refractivity contribution is 5.93. The van der Waals surface area contributed by atoms with Crippen LogP contribution in [-0.2, 0) is 4.74 Å². The number of H-pyrrole nitrogens is 1. The number of fused-ring (bicyclic) bond motifs is 1. The van der Waals surface area contributed by atoms with Gasteiger partial charge in [-0.25, -0.2) is 4.79 Å². The molecule has 0 aliphatic carbocycles. The maximum Gasteiger partial charge on any atom is 0.343 e. The highest BCUT2D eigenvalue weighted by atomic mass is 16.5. The van der Waals surface area contributed by atoms with Crippen molar-refractivity contribution in [3.63, 3.8) is 0 Å². The Morgan fingerprint density at radius 3 is 2.61 bits per heavy atom. The highest BCUT2D eigenvalue weighted by Crippen LogP contribution is 2.23. The molecule has 0 saturated heterocycles. The van der Waals surface area contributed by atoms with E-state index in [0.29, 0.717) is 22.4 Å². The van der Waals surface area contributed by atoms with Crippen molar-refractivity contribution < 1.29 is 14.3 Å². The molecule has 0 saturated carbocycles. The van der Waals surface area contributed by atoms with Crippen molar-refractivity contribution in [1.29, 1.82) is 0 Å². The summed E-state index contributed by atoms with van der Waals surface area (Å²) in [5.41, 5.74) is 0.232. The zero-order valence-electron chi connectivity index (χ0n) is 12.5. The molecule has 0 aliphatic rings. The van der Waals surface area contributed by atoms with Crippen molar-refractivity contribution in [2.24, 2.45) is 0 Å². The monoisotopic (exact) mass is 309 g/mol. The number of para-hydroxylation sites is 1. The van der Waals surface area contributed by atoms with Crippen molar-refractivity contribution in [1.82, 2.24) is 4.98 Å². The largest absolute Gasteiger partial charge is 0.462 e. The Bertz CT molecular complexity index is 900. The molecule has 1 heterocycles. The van der Waals surface area contributed by atoms with Gasteiger partial charge in [0.25, 0.3) is 0 Å². The van der Waals surface area contributed by atoms with Gasteiger partial charge in [0.05, 0.1) is 12.0 Å². The Hall–Kier alpha value is -3.08. The minimum atomic E-state index is -0.634. The molecule has 0 radical (unpaired) electrons. The summed E-state index contributed by atoms with van der Waals surface area (Å²) >= 11 is 0. The van der Waals surface area contributed by atoms with E-state index in [1.807, 2.05) is 30.3 Å². The van der Waals surface area contributed by atoms with Crippen LogP contribution in [0.4, 0.5) is 0 Å². The van der Waals surface area contributed by atoms with E-state index in [4.69, 9.17) is 9.47 Å². The average Bonchev–Trinajstić information content (AvgIpc) is 2.57. The van der Waals surface area contributed by atoms with Crippen LogP contribution in [0.5, 0.6) is 11.5 Å². The number of carbonyl (C=O) groups is 1. The zero-order chi connectivity index (χ0) is 16.2. The molecular weight excluding hydrogens is 294 g/mol. The van der Waals surface area contributed by atoms with Crippen LogP contribution in [0.15, 0.2) is 59.5 Å². The summed E-state index contributed by atoms with van der Waals surface area (Å²) in [6.07, 6.45) is 1.38. The van der Waals surface area contributed by atoms with Crippen molar-refractivity contribution >= 4 is 16.9 Å². The third kappa shape index (κ3) is 3.08. The van der Waals surface area contributed by atoms with E-state index in [1.54, 1.807) is 25.1 Å². The summed E-state index contributed by atoms with van der Waals surface area (Å²) < 4.78 is 10.6. The van der Waals surface area contributed by atoms with Crippen LogP contribution in [0.2, 0.25) is 0 Å². The predicted molar refractivity (Wildman–Crippen MR) is 87.0 cm³/mol. The minimum absolute atomic E-state index is 0.0174. The number of nitrogens with one attached hydrogen (secondary N) is 1. The molecule has 23 heavy (non-hydrogen) atoms. The first kappa shape index (κ1) is 14.8. The van der Waals surface area contributed by atoms with Gasteiger partial charge in [0.15, 0.2) is 0 Å². The van der Waals surface area contributed by atoms with Crippen molar-refractivity contribution in [3.05, 3.63) is 70.5 Å². The Balaban J connectivity index is 2.02. The molecule has 0 fully saturated rings. The number of hydrogen-bond acceptors (Lipinski definition) is 4. The quantitative estimate of drug-likeness (QED) is 0.749. The van der Waals surface area contributed by atoms with E-state index in [0.717, 1.165) is 0 Å². The van der Waals surface area contributed by atoms with Crippen LogP contribution in [-0.4, -0.2) is 17.6 Å². The van der Waals surface area contributed by atoms with Gasteiger partial charge in [0, 0.05) is 11.7 Å². The fraction of sp³-hybridized carbons (Fsp3) is 0.111. The number of pyridine rings is 1. The molecule has 0 bridgehead atoms. The Morgan fingerprint density at radius 1 is 1.09 bits per heavy atom. The highest BCUT2D eigenvalue weighted by Gasteiger charge is 2.14. The molecule has 1 N–H and O–H groups in total. The van der Waals surface area contributed by atoms with Crippen molar-refractivity contribution in [2.45, 2.75) is 6.92 Å². The second-order valence-corrected chi connectivity index (χ2v) is 4.87. The summed E-state index contributed by atoms with van der Waals surface area (Å²) in [5, 5.41) is 0.379. The molecule has 0 unspecified atom stereocenters. The normalized spacial score (nSPS) is 10.5. The first-order valence-electron chi connectivity index (χ1n) is 7.24. The number of carbonyl (C=O) groups excluding carboxylic acids is 1. The van der Waals surface area contributed by atoms with E-state index >= 15 is 0 Å². The predicted octanol–water partition coefficient (Wildman–Crippen LogP) is 3.50. The first-order chi connectivity index (χ1) is 11.2. The Labute approximate surface area is 132 Å². The number of hydrogen-bond donors (Lipinski definition) is 1. The Kier molecular flexibility index (Phi) is 4.10. The second kappa shape index (κ2) is 6.36. The third-order valence-electron chi connectivity index (χ3n) is 3.33. The van der Waals surface area contributed by atoms with Crippen LogP contribution in [0.1, 0.15) is 17.3 Å². The minimum Gasteiger partial charge on any atom is -0.462 e. The standard InChI is InChI=1S/C18H15NO4/c1-2-22-18(21)15-11-19-16-9-8-13(10-14(16)17(15)20)23-12-6-4-3-5-7-12/h3-11H,2H2,1H3,(H,19,20). The van der Waals surface area contributed by atoms with Crippen LogP contribution in [0, 0.1) is 0 Å². The summed E-state index contributed by atoms with van der Waals surface area (Å²) in [5.74, 6) is 0.560. The topological polar surface area (TPSA) is 68.4 Å². The van der Waals surface area contributed by atoms with Crippen molar-refractivity contribution in [3.8, 4) is 11.5 Å². The van der Waals surface area contributed by atoms with Gasteiger partial charge in [-0.1, -0.05) is 18.2 Å². The summed E-state index contributed by atoms with van der Waals surface area (Å²) in [6.45, 7) is 1.91. The number of ether oxygens (including phenoxy) is 2. The van der Waals surface area contributed by atoms with Gasteiger partial charge in [0.1, 0.15) is 17.1 Å². The number of esters is 1. The van der Waals surface area contributed by atoms with Crippen LogP contribution in [0.3, 0.4) is 0 Å². The molecule has 3 rings (SSSR count). The summed E-state index contributed by atoms with van der Waals surface area (Å²) in [7, 11) is 0. The van der Waals surface area contributed by atoms with Gasteiger partial charge in [0.2, 0.25) is 5.43 Å². The smallest absolute Gasteiger partial charge is 0.343 e. The maximum absolute atomic E-state index is 12.5. The first-order valence-corrected chi connectivity index (χ1v) is 7.24. The van der Waals surface area contributed by atoms with E-state index in [1.165, 1.54) is 6.20 Å². The molecule has 0 spiro atoms. The number of aromatic nitrogens is 1. The second-order valence-electron chi connectivity index (χ2n) is 4.87. The van der Waals surface area contributed by atoms with E-state index in [2.05, 4.69) is 4.98 Å². The average molecular weight is 309 g/mol. The molecule has 0 atom stereocenters. The molecule has 5 nitrogen and oxygen atoms in total. The van der Waals surface area contributed by atoms with Gasteiger partial charge in [-0.2, -0.15) is 0 Å². The van der Waals surface area contributed by atoms with Gasteiger partial charge in [-0.05, 0) is 37.3 Å². The maximum atomic E-state index is 12.5. The van der Waals surface area contributed by atoms with Gasteiger partial charge in [-0.3, -0.25) is 4.79 Å². The fourth-order valence-electron chi connectivity index (χ4n) is 2.25. The van der Waals surface area contributed by atoms with E-state index in [-0.39, 0.29) is 17.6 Å². The molecule has 1 aromatic heterocycles. The number of rotatable bonds is 4. The molecular formula is C18H15NO4. The molecule has 5 heteroatoms. The third-order valence-corrected chi connectivity index (χ3v) is 3.33.